The largest absolute Gasteiger partial charge is 0.415 e. The zero-order valence-electron chi connectivity index (χ0n) is 16.7. The molecule has 1 aromatic heterocycles. The Labute approximate surface area is 184 Å². The molecule has 1 atom stereocenters. The zero-order chi connectivity index (χ0) is 21.3. The van der Waals surface area contributed by atoms with Crippen LogP contribution in [0.25, 0.3) is 0 Å². The average molecular weight is 451 g/mol. The predicted octanol–water partition coefficient (Wildman–Crippen LogP) is 5.50. The average Bonchev–Trinajstić information content (AvgIpc) is 3.49. The number of anilines is 1. The Kier molecular flexibility index (Phi) is 6.29. The molecule has 160 valence electrons. The van der Waals surface area contributed by atoms with Crippen molar-refractivity contribution in [3.63, 3.8) is 0 Å². The van der Waals surface area contributed by atoms with Crippen LogP contribution in [0.4, 0.5) is 14.2 Å². The van der Waals surface area contributed by atoms with E-state index in [2.05, 4.69) is 0 Å². The standard InChI is InChI=1S/C22H24ClFN2O3S/c1-14-17(24)3-2-4-18(14)29-22(28)25-11-9-16(10-12-25)21(15-5-6-15)26(13-27)20-8-7-19(23)30-20/h2-4,7-8,13,15-16,21H,5-6,9-12H2,1H3/t21-/m1/s1. The van der Waals surface area contributed by atoms with E-state index in [-0.39, 0.29) is 11.8 Å². The van der Waals surface area contributed by atoms with Crippen molar-refractivity contribution in [1.82, 2.24) is 4.90 Å². The van der Waals surface area contributed by atoms with Crippen molar-refractivity contribution >= 4 is 40.4 Å². The molecule has 0 radical (unpaired) electrons. The summed E-state index contributed by atoms with van der Waals surface area (Å²) < 4.78 is 19.8. The van der Waals surface area contributed by atoms with Gasteiger partial charge in [-0.2, -0.15) is 0 Å². The molecule has 0 N–H and O–H groups in total. The zero-order valence-corrected chi connectivity index (χ0v) is 18.3. The highest BCUT2D eigenvalue weighted by molar-refractivity contribution is 7.20. The first-order valence-corrected chi connectivity index (χ1v) is 11.4. The van der Waals surface area contributed by atoms with Crippen LogP contribution in [0.15, 0.2) is 30.3 Å². The molecule has 30 heavy (non-hydrogen) atoms. The number of rotatable bonds is 6. The second-order valence-electron chi connectivity index (χ2n) is 7.97. The maximum Gasteiger partial charge on any atom is 0.415 e. The van der Waals surface area contributed by atoms with Crippen molar-refractivity contribution in [3.05, 3.63) is 46.0 Å². The van der Waals surface area contributed by atoms with E-state index in [4.69, 9.17) is 16.3 Å². The number of piperidine rings is 1. The number of hydrogen-bond donors (Lipinski definition) is 0. The smallest absolute Gasteiger partial charge is 0.410 e. The molecule has 2 amide bonds. The molecular formula is C22H24ClFN2O3S. The van der Waals surface area contributed by atoms with Crippen LogP contribution >= 0.6 is 22.9 Å². The van der Waals surface area contributed by atoms with Crippen LogP contribution in [0, 0.1) is 24.6 Å². The lowest BCUT2D eigenvalue weighted by Crippen LogP contribution is -2.48. The Hall–Kier alpha value is -2.12. The summed E-state index contributed by atoms with van der Waals surface area (Å²) in [6.45, 7) is 2.70. The van der Waals surface area contributed by atoms with Gasteiger partial charge >= 0.3 is 6.09 Å². The first-order valence-electron chi connectivity index (χ1n) is 10.2. The number of nitrogens with zero attached hydrogens (tertiary/aromatic N) is 2. The van der Waals surface area contributed by atoms with Crippen LogP contribution in [-0.2, 0) is 4.79 Å². The van der Waals surface area contributed by atoms with Crippen LogP contribution in [0.1, 0.15) is 31.2 Å². The van der Waals surface area contributed by atoms with Gasteiger partial charge in [-0.15, -0.1) is 11.3 Å². The SMILES string of the molecule is Cc1c(F)cccc1OC(=O)N1CCC([C@@H](C2CC2)N(C=O)c2ccc(Cl)s2)CC1. The molecule has 1 saturated heterocycles. The summed E-state index contributed by atoms with van der Waals surface area (Å²) in [4.78, 5) is 28.0. The summed E-state index contributed by atoms with van der Waals surface area (Å²) in [6.07, 6.45) is 4.29. The lowest BCUT2D eigenvalue weighted by Gasteiger charge is -2.39. The van der Waals surface area contributed by atoms with Crippen molar-refractivity contribution in [2.24, 2.45) is 11.8 Å². The number of ether oxygens (including phenoxy) is 1. The number of benzene rings is 1. The van der Waals surface area contributed by atoms with Crippen molar-refractivity contribution in [2.45, 2.75) is 38.6 Å². The third kappa shape index (κ3) is 4.47. The number of hydrogen-bond acceptors (Lipinski definition) is 4. The third-order valence-corrected chi connectivity index (χ3v) is 7.29. The fraction of sp³-hybridized carbons (Fsp3) is 0.455. The van der Waals surface area contributed by atoms with Gasteiger partial charge in [-0.3, -0.25) is 4.79 Å². The van der Waals surface area contributed by atoms with E-state index < -0.39 is 11.9 Å². The van der Waals surface area contributed by atoms with Crippen LogP contribution < -0.4 is 9.64 Å². The number of carbonyl (C=O) groups is 2. The Balaban J connectivity index is 1.40. The molecule has 2 aromatic rings. The highest BCUT2D eigenvalue weighted by Crippen LogP contribution is 2.44. The molecule has 0 bridgehead atoms. The lowest BCUT2D eigenvalue weighted by atomic mass is 9.86. The maximum absolute atomic E-state index is 13.7. The molecule has 0 spiro atoms. The Bertz CT molecular complexity index is 925. The maximum atomic E-state index is 13.7. The van der Waals surface area contributed by atoms with Crippen molar-refractivity contribution < 1.29 is 18.7 Å². The molecule has 2 aliphatic rings. The van der Waals surface area contributed by atoms with Gasteiger partial charge in [-0.1, -0.05) is 17.7 Å². The Morgan fingerprint density at radius 1 is 1.23 bits per heavy atom. The Morgan fingerprint density at radius 3 is 2.53 bits per heavy atom. The minimum Gasteiger partial charge on any atom is -0.410 e. The molecular weight excluding hydrogens is 427 g/mol. The molecule has 2 heterocycles. The lowest BCUT2D eigenvalue weighted by molar-refractivity contribution is -0.108. The fourth-order valence-corrected chi connectivity index (χ4v) is 5.31. The van der Waals surface area contributed by atoms with Crippen LogP contribution in [0.3, 0.4) is 0 Å². The molecule has 4 rings (SSSR count). The monoisotopic (exact) mass is 450 g/mol. The number of amides is 2. The van der Waals surface area contributed by atoms with E-state index in [1.807, 2.05) is 17.0 Å². The van der Waals surface area contributed by atoms with Crippen LogP contribution in [0.2, 0.25) is 4.34 Å². The van der Waals surface area contributed by atoms with Gasteiger partial charge in [0.05, 0.1) is 9.34 Å². The van der Waals surface area contributed by atoms with Gasteiger partial charge in [0.25, 0.3) is 0 Å². The van der Waals surface area contributed by atoms with Crippen molar-refractivity contribution in [2.75, 3.05) is 18.0 Å². The second kappa shape index (κ2) is 8.94. The number of thiophene rings is 1. The number of likely N-dealkylation sites (tertiary alicyclic amines) is 1. The first-order chi connectivity index (χ1) is 14.5. The summed E-state index contributed by atoms with van der Waals surface area (Å²) in [5.41, 5.74) is 0.325. The first kappa shape index (κ1) is 21.1. The van der Waals surface area contributed by atoms with Crippen LogP contribution in [0.5, 0.6) is 5.75 Å². The fourth-order valence-electron chi connectivity index (χ4n) is 4.27. The van der Waals surface area contributed by atoms with E-state index >= 15 is 0 Å². The number of halogens is 2. The van der Waals surface area contributed by atoms with Gasteiger partial charge in [0.1, 0.15) is 11.6 Å². The molecule has 1 aliphatic heterocycles. The van der Waals surface area contributed by atoms with Gasteiger partial charge in [-0.05, 0) is 68.7 Å². The molecule has 1 aromatic carbocycles. The van der Waals surface area contributed by atoms with E-state index in [1.54, 1.807) is 17.9 Å². The summed E-state index contributed by atoms with van der Waals surface area (Å²) in [6, 6.07) is 8.30. The normalized spacial score (nSPS) is 18.2. The number of carbonyl (C=O) groups excluding carboxylic acids is 2. The summed E-state index contributed by atoms with van der Waals surface area (Å²) in [5.74, 6) is 0.659. The predicted molar refractivity (Wildman–Crippen MR) is 116 cm³/mol. The van der Waals surface area contributed by atoms with Crippen LogP contribution in [-0.4, -0.2) is 36.5 Å². The summed E-state index contributed by atoms with van der Waals surface area (Å²) >= 11 is 7.49. The van der Waals surface area contributed by atoms with Crippen molar-refractivity contribution in [3.8, 4) is 5.75 Å². The van der Waals surface area contributed by atoms with E-state index in [9.17, 15) is 14.0 Å². The molecule has 1 aliphatic carbocycles. The molecule has 5 nitrogen and oxygen atoms in total. The summed E-state index contributed by atoms with van der Waals surface area (Å²) in [7, 11) is 0. The highest BCUT2D eigenvalue weighted by atomic mass is 35.5. The highest BCUT2D eigenvalue weighted by Gasteiger charge is 2.42. The molecule has 1 saturated carbocycles. The van der Waals surface area contributed by atoms with E-state index in [0.29, 0.717) is 34.8 Å². The molecule has 2 fully saturated rings. The van der Waals surface area contributed by atoms with Gasteiger partial charge < -0.3 is 14.5 Å². The minimum absolute atomic E-state index is 0.126. The molecule has 0 unspecified atom stereocenters. The van der Waals surface area contributed by atoms with E-state index in [0.717, 1.165) is 37.1 Å². The van der Waals surface area contributed by atoms with Gasteiger partial charge in [0.2, 0.25) is 6.41 Å². The molecule has 8 heteroatoms. The summed E-state index contributed by atoms with van der Waals surface area (Å²) in [5, 5.41) is 0.871. The van der Waals surface area contributed by atoms with Gasteiger partial charge in [0, 0.05) is 24.7 Å². The topological polar surface area (TPSA) is 49.9 Å². The minimum atomic E-state index is -0.456. The van der Waals surface area contributed by atoms with Gasteiger partial charge in [-0.25, -0.2) is 9.18 Å². The Morgan fingerprint density at radius 2 is 1.93 bits per heavy atom. The van der Waals surface area contributed by atoms with Crippen molar-refractivity contribution in [1.29, 1.82) is 0 Å². The second-order valence-corrected chi connectivity index (χ2v) is 9.67. The quantitative estimate of drug-likeness (QED) is 0.546. The van der Waals surface area contributed by atoms with E-state index in [1.165, 1.54) is 23.5 Å². The third-order valence-electron chi connectivity index (χ3n) is 6.05. The van der Waals surface area contributed by atoms with Gasteiger partial charge in [0.15, 0.2) is 0 Å².